The molecule has 1 unspecified atom stereocenters. The van der Waals surface area contributed by atoms with Gasteiger partial charge in [0.25, 0.3) is 0 Å². The Morgan fingerprint density at radius 2 is 1.86 bits per heavy atom. The molecular formula is C15H23Cl2N3O2. The molecule has 1 aliphatic rings. The topological polar surface area (TPSA) is 58.8 Å². The highest BCUT2D eigenvalue weighted by Crippen LogP contribution is 2.15. The van der Waals surface area contributed by atoms with E-state index in [-0.39, 0.29) is 18.3 Å². The van der Waals surface area contributed by atoms with Crippen molar-refractivity contribution in [2.45, 2.75) is 13.0 Å². The van der Waals surface area contributed by atoms with Crippen molar-refractivity contribution >= 4 is 29.9 Å². The molecule has 0 aliphatic carbocycles. The van der Waals surface area contributed by atoms with Crippen LogP contribution in [0.5, 0.6) is 5.75 Å². The summed E-state index contributed by atoms with van der Waals surface area (Å²) in [5.41, 5.74) is 5.62. The predicted molar refractivity (Wildman–Crippen MR) is 90.9 cm³/mol. The van der Waals surface area contributed by atoms with E-state index in [1.165, 1.54) is 0 Å². The lowest BCUT2D eigenvalue weighted by Crippen LogP contribution is -2.53. The van der Waals surface area contributed by atoms with Crippen LogP contribution in [0, 0.1) is 0 Å². The zero-order chi connectivity index (χ0) is 15.2. The summed E-state index contributed by atoms with van der Waals surface area (Å²) in [6, 6.07) is 6.94. The first kappa shape index (κ1) is 19.0. The number of hydrogen-bond donors (Lipinski definition) is 1. The molecule has 5 nitrogen and oxygen atoms in total. The van der Waals surface area contributed by atoms with E-state index in [0.717, 1.165) is 38.5 Å². The van der Waals surface area contributed by atoms with Crippen LogP contribution < -0.4 is 10.5 Å². The number of ether oxygens (including phenoxy) is 1. The third kappa shape index (κ3) is 5.65. The highest BCUT2D eigenvalue weighted by atomic mass is 35.5. The Hall–Kier alpha value is -1.01. The molecule has 0 radical (unpaired) electrons. The number of piperazine rings is 1. The lowest BCUT2D eigenvalue weighted by Gasteiger charge is -2.35. The Morgan fingerprint density at radius 1 is 1.27 bits per heavy atom. The monoisotopic (exact) mass is 347 g/mol. The summed E-state index contributed by atoms with van der Waals surface area (Å²) in [6.07, 6.45) is 0. The molecule has 0 aromatic heterocycles. The molecule has 0 bridgehead atoms. The molecule has 22 heavy (non-hydrogen) atoms. The fraction of sp³-hybridized carbons (Fsp3) is 0.533. The first-order valence-corrected chi connectivity index (χ1v) is 7.59. The summed E-state index contributed by atoms with van der Waals surface area (Å²) in [7, 11) is 0. The number of amides is 1. The second kappa shape index (κ2) is 9.20. The number of benzene rings is 1. The third-order valence-corrected chi connectivity index (χ3v) is 3.82. The largest absolute Gasteiger partial charge is 0.492 e. The van der Waals surface area contributed by atoms with E-state index in [1.54, 1.807) is 6.92 Å². The first-order valence-electron chi connectivity index (χ1n) is 7.21. The van der Waals surface area contributed by atoms with Gasteiger partial charge >= 0.3 is 0 Å². The van der Waals surface area contributed by atoms with E-state index in [2.05, 4.69) is 4.90 Å². The average molecular weight is 348 g/mol. The Balaban J connectivity index is 0.00000242. The van der Waals surface area contributed by atoms with Crippen molar-refractivity contribution in [2.75, 3.05) is 39.3 Å². The van der Waals surface area contributed by atoms with Gasteiger partial charge in [-0.15, -0.1) is 12.4 Å². The number of halogens is 2. The van der Waals surface area contributed by atoms with Crippen molar-refractivity contribution in [1.82, 2.24) is 9.80 Å². The Kier molecular flexibility index (Phi) is 7.96. The number of carbonyl (C=O) groups is 1. The van der Waals surface area contributed by atoms with Crippen LogP contribution in [0.3, 0.4) is 0 Å². The van der Waals surface area contributed by atoms with Crippen LogP contribution >= 0.6 is 24.0 Å². The lowest BCUT2D eigenvalue weighted by molar-refractivity contribution is -0.133. The molecule has 0 spiro atoms. The second-order valence-corrected chi connectivity index (χ2v) is 5.69. The van der Waals surface area contributed by atoms with Crippen LogP contribution in [0.2, 0.25) is 5.02 Å². The number of nitrogens with zero attached hydrogens (tertiary/aromatic N) is 2. The van der Waals surface area contributed by atoms with Gasteiger partial charge in [-0.05, 0) is 31.2 Å². The molecule has 1 aromatic rings. The molecule has 1 atom stereocenters. The molecular weight excluding hydrogens is 325 g/mol. The van der Waals surface area contributed by atoms with Crippen molar-refractivity contribution in [2.24, 2.45) is 5.73 Å². The number of carbonyl (C=O) groups excluding carboxylic acids is 1. The van der Waals surface area contributed by atoms with Gasteiger partial charge in [-0.25, -0.2) is 0 Å². The summed E-state index contributed by atoms with van der Waals surface area (Å²) in [6.45, 7) is 6.41. The third-order valence-electron chi connectivity index (χ3n) is 3.56. The fourth-order valence-corrected chi connectivity index (χ4v) is 2.43. The Bertz CT molecular complexity index is 460. The average Bonchev–Trinajstić information content (AvgIpc) is 2.49. The van der Waals surface area contributed by atoms with E-state index >= 15 is 0 Å². The van der Waals surface area contributed by atoms with E-state index in [0.29, 0.717) is 11.6 Å². The summed E-state index contributed by atoms with van der Waals surface area (Å²) in [5.74, 6) is 0.859. The summed E-state index contributed by atoms with van der Waals surface area (Å²) < 4.78 is 5.68. The van der Waals surface area contributed by atoms with Gasteiger partial charge in [0.15, 0.2) is 0 Å². The molecule has 7 heteroatoms. The molecule has 2 rings (SSSR count). The minimum absolute atomic E-state index is 0. The van der Waals surface area contributed by atoms with Crippen LogP contribution in [-0.4, -0.2) is 61.1 Å². The number of rotatable bonds is 5. The standard InChI is InChI=1S/C15H22ClN3O2.ClH/c1-12(17)15(20)19-8-6-18(7-9-19)10-11-21-14-4-2-13(16)3-5-14;/h2-5,12H,6-11,17H2,1H3;1H. The van der Waals surface area contributed by atoms with Crippen LogP contribution in [0.15, 0.2) is 24.3 Å². The normalized spacial score (nSPS) is 16.8. The van der Waals surface area contributed by atoms with Gasteiger partial charge in [0, 0.05) is 37.7 Å². The quantitative estimate of drug-likeness (QED) is 0.879. The highest BCUT2D eigenvalue weighted by molar-refractivity contribution is 6.30. The molecule has 1 amide bonds. The Morgan fingerprint density at radius 3 is 2.41 bits per heavy atom. The highest BCUT2D eigenvalue weighted by Gasteiger charge is 2.22. The lowest BCUT2D eigenvalue weighted by atomic mass is 10.2. The summed E-state index contributed by atoms with van der Waals surface area (Å²) in [4.78, 5) is 15.9. The van der Waals surface area contributed by atoms with Crippen molar-refractivity contribution in [3.8, 4) is 5.75 Å². The number of nitrogens with two attached hydrogens (primary N) is 1. The van der Waals surface area contributed by atoms with E-state index in [9.17, 15) is 4.79 Å². The molecule has 1 aliphatic heterocycles. The minimum Gasteiger partial charge on any atom is -0.492 e. The number of hydrogen-bond acceptors (Lipinski definition) is 4. The van der Waals surface area contributed by atoms with Gasteiger partial charge in [0.05, 0.1) is 6.04 Å². The van der Waals surface area contributed by atoms with Crippen LogP contribution in [-0.2, 0) is 4.79 Å². The van der Waals surface area contributed by atoms with E-state index in [1.807, 2.05) is 29.2 Å². The molecule has 1 heterocycles. The van der Waals surface area contributed by atoms with Crippen molar-refractivity contribution in [3.05, 3.63) is 29.3 Å². The van der Waals surface area contributed by atoms with Crippen molar-refractivity contribution < 1.29 is 9.53 Å². The van der Waals surface area contributed by atoms with Crippen molar-refractivity contribution in [3.63, 3.8) is 0 Å². The Labute approximate surface area is 142 Å². The molecule has 0 saturated carbocycles. The van der Waals surface area contributed by atoms with Crippen LogP contribution in [0.25, 0.3) is 0 Å². The van der Waals surface area contributed by atoms with Gasteiger partial charge in [0.1, 0.15) is 12.4 Å². The fourth-order valence-electron chi connectivity index (χ4n) is 2.30. The summed E-state index contributed by atoms with van der Waals surface area (Å²) in [5, 5.41) is 0.706. The summed E-state index contributed by atoms with van der Waals surface area (Å²) >= 11 is 5.82. The van der Waals surface area contributed by atoms with Gasteiger partial charge in [-0.2, -0.15) is 0 Å². The van der Waals surface area contributed by atoms with E-state index < -0.39 is 6.04 Å². The zero-order valence-corrected chi connectivity index (χ0v) is 14.3. The molecule has 1 saturated heterocycles. The molecule has 1 aromatic carbocycles. The minimum atomic E-state index is -0.412. The maximum atomic E-state index is 11.8. The first-order chi connectivity index (χ1) is 10.1. The smallest absolute Gasteiger partial charge is 0.239 e. The SMILES string of the molecule is CC(N)C(=O)N1CCN(CCOc2ccc(Cl)cc2)CC1.Cl. The van der Waals surface area contributed by atoms with Gasteiger partial charge in [-0.1, -0.05) is 11.6 Å². The van der Waals surface area contributed by atoms with Gasteiger partial charge in [0.2, 0.25) is 5.91 Å². The van der Waals surface area contributed by atoms with Crippen LogP contribution in [0.1, 0.15) is 6.92 Å². The van der Waals surface area contributed by atoms with Gasteiger partial charge < -0.3 is 15.4 Å². The second-order valence-electron chi connectivity index (χ2n) is 5.26. The van der Waals surface area contributed by atoms with Gasteiger partial charge in [-0.3, -0.25) is 9.69 Å². The maximum absolute atomic E-state index is 11.8. The van der Waals surface area contributed by atoms with Crippen LogP contribution in [0.4, 0.5) is 0 Å². The maximum Gasteiger partial charge on any atom is 0.239 e. The van der Waals surface area contributed by atoms with Crippen molar-refractivity contribution in [1.29, 1.82) is 0 Å². The molecule has 2 N–H and O–H groups in total. The molecule has 1 fully saturated rings. The predicted octanol–water partition coefficient (Wildman–Crippen LogP) is 1.63. The molecule has 124 valence electrons. The zero-order valence-electron chi connectivity index (χ0n) is 12.7. The van der Waals surface area contributed by atoms with E-state index in [4.69, 9.17) is 22.1 Å².